The zero-order chi connectivity index (χ0) is 25.2. The fraction of sp³-hybridized carbons (Fsp3) is 0.357. The second-order valence-electron chi connectivity index (χ2n) is 9.56. The highest BCUT2D eigenvalue weighted by Crippen LogP contribution is 2.37. The number of benzene rings is 2. The van der Waals surface area contributed by atoms with Gasteiger partial charge in [-0.15, -0.1) is 11.3 Å². The Labute approximate surface area is 213 Å². The van der Waals surface area contributed by atoms with E-state index in [9.17, 15) is 18.4 Å². The standard InChI is InChI=1S/C28H29F2N3O2S/c1-19-17-31(12-13-33(19)26(34)15-20-5-7-22(29)8-6-20)27(35)18-32-11-9-25-24(10-14-36-25)28(32)21-3-2-4-23(30)16-21/h2-8,10,14,16,19,28H,9,11-13,15,17-18H2,1H3/t19-,28-/m0/s1. The number of halogens is 2. The average Bonchev–Trinajstić information content (AvgIpc) is 3.34. The number of hydrogen-bond acceptors (Lipinski definition) is 4. The highest BCUT2D eigenvalue weighted by molar-refractivity contribution is 7.10. The van der Waals surface area contributed by atoms with Gasteiger partial charge in [-0.3, -0.25) is 14.5 Å². The Kier molecular flexibility index (Phi) is 7.16. The Balaban J connectivity index is 1.24. The predicted octanol–water partition coefficient (Wildman–Crippen LogP) is 4.28. The van der Waals surface area contributed by atoms with Gasteiger partial charge in [-0.1, -0.05) is 24.3 Å². The highest BCUT2D eigenvalue weighted by Gasteiger charge is 2.34. The van der Waals surface area contributed by atoms with Crippen molar-refractivity contribution < 1.29 is 18.4 Å². The molecule has 1 saturated heterocycles. The van der Waals surface area contributed by atoms with E-state index in [-0.39, 0.29) is 48.5 Å². The average molecular weight is 510 g/mol. The molecular weight excluding hydrogens is 480 g/mol. The summed E-state index contributed by atoms with van der Waals surface area (Å²) in [5.41, 5.74) is 2.77. The van der Waals surface area contributed by atoms with Gasteiger partial charge in [0.25, 0.3) is 0 Å². The first-order chi connectivity index (χ1) is 17.4. The number of rotatable bonds is 5. The molecule has 0 bridgehead atoms. The van der Waals surface area contributed by atoms with Crippen LogP contribution < -0.4 is 0 Å². The molecule has 0 spiro atoms. The van der Waals surface area contributed by atoms with E-state index in [1.807, 2.05) is 17.9 Å². The van der Waals surface area contributed by atoms with Gasteiger partial charge in [-0.25, -0.2) is 8.78 Å². The summed E-state index contributed by atoms with van der Waals surface area (Å²) in [6.45, 7) is 4.33. The van der Waals surface area contributed by atoms with Crippen molar-refractivity contribution in [3.8, 4) is 0 Å². The van der Waals surface area contributed by atoms with Gasteiger partial charge >= 0.3 is 0 Å². The van der Waals surface area contributed by atoms with Crippen molar-refractivity contribution in [1.82, 2.24) is 14.7 Å². The van der Waals surface area contributed by atoms with E-state index in [2.05, 4.69) is 16.3 Å². The van der Waals surface area contributed by atoms with Crippen LogP contribution in [0.3, 0.4) is 0 Å². The highest BCUT2D eigenvalue weighted by atomic mass is 32.1. The van der Waals surface area contributed by atoms with Crippen molar-refractivity contribution in [3.05, 3.63) is 93.2 Å². The number of piperazine rings is 1. The molecule has 1 fully saturated rings. The van der Waals surface area contributed by atoms with Crippen LogP contribution in [0.25, 0.3) is 0 Å². The molecule has 1 aromatic heterocycles. The van der Waals surface area contributed by atoms with Crippen LogP contribution in [0.4, 0.5) is 8.78 Å². The molecule has 188 valence electrons. The molecule has 2 aliphatic heterocycles. The Hall–Kier alpha value is -3.10. The fourth-order valence-corrected chi connectivity index (χ4v) is 6.22. The first-order valence-corrected chi connectivity index (χ1v) is 13.1. The number of fused-ring (bicyclic) bond motifs is 1. The molecule has 3 aromatic rings. The summed E-state index contributed by atoms with van der Waals surface area (Å²) in [7, 11) is 0. The van der Waals surface area contributed by atoms with Gasteiger partial charge in [0, 0.05) is 37.1 Å². The van der Waals surface area contributed by atoms with E-state index in [0.717, 1.165) is 29.7 Å². The molecular formula is C28H29F2N3O2S. The van der Waals surface area contributed by atoms with Crippen LogP contribution in [0.15, 0.2) is 60.0 Å². The lowest BCUT2D eigenvalue weighted by molar-refractivity contribution is -0.143. The fourth-order valence-electron chi connectivity index (χ4n) is 5.31. The van der Waals surface area contributed by atoms with Crippen molar-refractivity contribution in [2.75, 3.05) is 32.7 Å². The molecule has 0 aliphatic carbocycles. The Bertz CT molecular complexity index is 1250. The van der Waals surface area contributed by atoms with Crippen LogP contribution in [0.1, 0.15) is 34.5 Å². The maximum absolute atomic E-state index is 14.1. The number of hydrogen-bond donors (Lipinski definition) is 0. The van der Waals surface area contributed by atoms with Crippen LogP contribution in [0.5, 0.6) is 0 Å². The minimum Gasteiger partial charge on any atom is -0.338 e. The maximum Gasteiger partial charge on any atom is 0.236 e. The van der Waals surface area contributed by atoms with Gasteiger partial charge < -0.3 is 9.80 Å². The van der Waals surface area contributed by atoms with Gasteiger partial charge in [0.2, 0.25) is 11.8 Å². The lowest BCUT2D eigenvalue weighted by Crippen LogP contribution is -2.57. The summed E-state index contributed by atoms with van der Waals surface area (Å²) in [5.74, 6) is -0.604. The Morgan fingerprint density at radius 3 is 2.53 bits per heavy atom. The summed E-state index contributed by atoms with van der Waals surface area (Å²) in [4.78, 5) is 33.3. The van der Waals surface area contributed by atoms with Crippen LogP contribution >= 0.6 is 11.3 Å². The lowest BCUT2D eigenvalue weighted by Gasteiger charge is -2.42. The molecule has 36 heavy (non-hydrogen) atoms. The minimum absolute atomic E-state index is 0.0200. The second-order valence-corrected chi connectivity index (χ2v) is 10.6. The number of thiophene rings is 1. The van der Waals surface area contributed by atoms with E-state index in [1.165, 1.54) is 23.1 Å². The van der Waals surface area contributed by atoms with Crippen molar-refractivity contribution in [2.24, 2.45) is 0 Å². The normalized spacial score (nSPS) is 20.3. The summed E-state index contributed by atoms with van der Waals surface area (Å²) >= 11 is 1.71. The van der Waals surface area contributed by atoms with Crippen LogP contribution in [-0.4, -0.2) is 65.3 Å². The van der Waals surface area contributed by atoms with E-state index in [4.69, 9.17) is 0 Å². The predicted molar refractivity (Wildman–Crippen MR) is 136 cm³/mol. The van der Waals surface area contributed by atoms with Crippen LogP contribution in [0, 0.1) is 11.6 Å². The van der Waals surface area contributed by atoms with Gasteiger partial charge in [0.05, 0.1) is 19.0 Å². The SMILES string of the molecule is C[C@H]1CN(C(=O)CN2CCc3sccc3[C@@H]2c2cccc(F)c2)CCN1C(=O)Cc1ccc(F)cc1. The topological polar surface area (TPSA) is 43.9 Å². The first-order valence-electron chi connectivity index (χ1n) is 12.3. The zero-order valence-electron chi connectivity index (χ0n) is 20.2. The molecule has 2 aliphatic rings. The molecule has 0 N–H and O–H groups in total. The second kappa shape index (κ2) is 10.5. The smallest absolute Gasteiger partial charge is 0.236 e. The number of amides is 2. The summed E-state index contributed by atoms with van der Waals surface area (Å²) in [5, 5.41) is 2.06. The third-order valence-corrected chi connectivity index (χ3v) is 8.13. The van der Waals surface area contributed by atoms with Crippen molar-refractivity contribution in [1.29, 1.82) is 0 Å². The molecule has 2 atom stereocenters. The summed E-state index contributed by atoms with van der Waals surface area (Å²) < 4.78 is 27.2. The third kappa shape index (κ3) is 5.20. The van der Waals surface area contributed by atoms with Gasteiger partial charge in [-0.05, 0) is 65.7 Å². The molecule has 5 nitrogen and oxygen atoms in total. The van der Waals surface area contributed by atoms with Crippen LogP contribution in [0.2, 0.25) is 0 Å². The molecule has 8 heteroatoms. The minimum atomic E-state index is -0.324. The van der Waals surface area contributed by atoms with Gasteiger partial charge in [0.1, 0.15) is 11.6 Å². The quantitative estimate of drug-likeness (QED) is 0.516. The Morgan fingerprint density at radius 1 is 0.972 bits per heavy atom. The zero-order valence-corrected chi connectivity index (χ0v) is 21.0. The maximum atomic E-state index is 14.1. The van der Waals surface area contributed by atoms with Crippen molar-refractivity contribution in [3.63, 3.8) is 0 Å². The number of carbonyl (C=O) groups is 2. The van der Waals surface area contributed by atoms with Gasteiger partial charge in [-0.2, -0.15) is 0 Å². The first kappa shape index (κ1) is 24.6. The van der Waals surface area contributed by atoms with E-state index >= 15 is 0 Å². The molecule has 5 rings (SSSR count). The number of carbonyl (C=O) groups excluding carboxylic acids is 2. The Morgan fingerprint density at radius 2 is 1.78 bits per heavy atom. The molecule has 0 saturated carbocycles. The third-order valence-electron chi connectivity index (χ3n) is 7.14. The van der Waals surface area contributed by atoms with E-state index < -0.39 is 0 Å². The van der Waals surface area contributed by atoms with Crippen molar-refractivity contribution in [2.45, 2.75) is 31.8 Å². The summed E-state index contributed by atoms with van der Waals surface area (Å²) in [6, 6.07) is 14.4. The monoisotopic (exact) mass is 509 g/mol. The molecule has 0 radical (unpaired) electrons. The van der Waals surface area contributed by atoms with Crippen LogP contribution in [-0.2, 0) is 22.4 Å². The summed E-state index contributed by atoms with van der Waals surface area (Å²) in [6.07, 6.45) is 1.08. The van der Waals surface area contributed by atoms with Gasteiger partial charge in [0.15, 0.2) is 0 Å². The van der Waals surface area contributed by atoms with Crippen molar-refractivity contribution >= 4 is 23.2 Å². The number of nitrogens with zero attached hydrogens (tertiary/aromatic N) is 3. The molecule has 0 unspecified atom stereocenters. The molecule has 3 heterocycles. The lowest BCUT2D eigenvalue weighted by atomic mass is 9.93. The van der Waals surface area contributed by atoms with E-state index in [0.29, 0.717) is 19.6 Å². The van der Waals surface area contributed by atoms with E-state index in [1.54, 1.807) is 40.5 Å². The largest absolute Gasteiger partial charge is 0.338 e. The molecule has 2 aromatic carbocycles. The molecule has 2 amide bonds.